The number of ether oxygens (including phenoxy) is 1. The summed E-state index contributed by atoms with van der Waals surface area (Å²) in [6.07, 6.45) is -2.67. The van der Waals surface area contributed by atoms with E-state index < -0.39 is 12.2 Å². The average Bonchev–Trinajstić information content (AvgIpc) is 2.72. The fourth-order valence-electron chi connectivity index (χ4n) is 4.05. The van der Waals surface area contributed by atoms with Crippen molar-refractivity contribution >= 4 is 11.8 Å². The summed E-state index contributed by atoms with van der Waals surface area (Å²) >= 11 is 0. The fourth-order valence-corrected chi connectivity index (χ4v) is 4.05. The zero-order chi connectivity index (χ0) is 21.3. The maximum absolute atomic E-state index is 13.8. The third-order valence-corrected chi connectivity index (χ3v) is 5.61. The van der Waals surface area contributed by atoms with Crippen molar-refractivity contribution in [2.45, 2.75) is 44.6 Å². The molecule has 0 saturated carbocycles. The van der Waals surface area contributed by atoms with Gasteiger partial charge in [-0.2, -0.15) is 18.2 Å². The minimum atomic E-state index is -4.42. The Labute approximate surface area is 172 Å². The zero-order valence-electron chi connectivity index (χ0n) is 16.7. The van der Waals surface area contributed by atoms with Crippen LogP contribution in [0.25, 0.3) is 0 Å². The molecule has 2 aliphatic heterocycles. The largest absolute Gasteiger partial charge is 0.408 e. The number of rotatable bonds is 4. The molecule has 0 amide bonds. The molecule has 162 valence electrons. The van der Waals surface area contributed by atoms with Gasteiger partial charge in [-0.25, -0.2) is 0 Å². The molecule has 0 N–H and O–H groups in total. The Balaban J connectivity index is 1.71. The van der Waals surface area contributed by atoms with Crippen LogP contribution in [0.1, 0.15) is 19.0 Å². The smallest absolute Gasteiger partial charge is 0.377 e. The molecule has 1 fully saturated rings. The Kier molecular flexibility index (Phi) is 5.68. The number of halogens is 3. The fraction of sp³-hybridized carbons (Fsp3) is 0.550. The predicted octanol–water partition coefficient (Wildman–Crippen LogP) is 2.25. The molecule has 0 aromatic carbocycles. The van der Waals surface area contributed by atoms with E-state index >= 15 is 0 Å². The van der Waals surface area contributed by atoms with Crippen LogP contribution in [-0.4, -0.2) is 59.1 Å². The van der Waals surface area contributed by atoms with Crippen molar-refractivity contribution in [2.75, 3.05) is 36.1 Å². The maximum atomic E-state index is 13.8. The molecule has 2 aromatic heterocycles. The third kappa shape index (κ3) is 4.14. The number of anilines is 2. The normalized spacial score (nSPS) is 22.1. The third-order valence-electron chi connectivity index (χ3n) is 5.61. The molecule has 7 nitrogen and oxygen atoms in total. The van der Waals surface area contributed by atoms with Crippen molar-refractivity contribution in [1.29, 1.82) is 0 Å². The van der Waals surface area contributed by atoms with Gasteiger partial charge >= 0.3 is 6.18 Å². The Morgan fingerprint density at radius 2 is 2.10 bits per heavy atom. The Morgan fingerprint density at radius 1 is 1.27 bits per heavy atom. The van der Waals surface area contributed by atoms with Crippen LogP contribution in [0.3, 0.4) is 0 Å². The van der Waals surface area contributed by atoms with Crippen LogP contribution in [0.4, 0.5) is 24.9 Å². The number of pyridine rings is 1. The van der Waals surface area contributed by atoms with E-state index in [9.17, 15) is 18.0 Å². The lowest BCUT2D eigenvalue weighted by Gasteiger charge is -2.40. The molecule has 0 aliphatic carbocycles. The van der Waals surface area contributed by atoms with E-state index in [-0.39, 0.29) is 37.1 Å². The first-order valence-corrected chi connectivity index (χ1v) is 10.0. The number of fused-ring (bicyclic) bond motifs is 1. The molecule has 2 unspecified atom stereocenters. The number of alkyl halides is 3. The molecule has 0 spiro atoms. The second kappa shape index (κ2) is 8.25. The summed E-state index contributed by atoms with van der Waals surface area (Å²) in [6.45, 7) is 3.50. The van der Waals surface area contributed by atoms with Gasteiger partial charge in [-0.15, -0.1) is 0 Å². The molecular weight excluding hydrogens is 399 g/mol. The molecule has 4 heterocycles. The molecule has 30 heavy (non-hydrogen) atoms. The summed E-state index contributed by atoms with van der Waals surface area (Å²) in [4.78, 5) is 24.6. The van der Waals surface area contributed by atoms with Crippen LogP contribution >= 0.6 is 0 Å². The highest BCUT2D eigenvalue weighted by Gasteiger charge is 2.46. The summed E-state index contributed by atoms with van der Waals surface area (Å²) in [6, 6.07) is 5.04. The SMILES string of the molecule is CC1COCCN1c1cc(=O)n2c(n1)N(CCc1ccccn1)C(C(F)(F)F)CC2. The van der Waals surface area contributed by atoms with E-state index in [4.69, 9.17) is 4.74 Å². The molecule has 10 heteroatoms. The number of hydrogen-bond acceptors (Lipinski definition) is 6. The minimum absolute atomic E-state index is 0.00955. The van der Waals surface area contributed by atoms with Crippen LogP contribution in [0.2, 0.25) is 0 Å². The highest BCUT2D eigenvalue weighted by Crippen LogP contribution is 2.34. The summed E-state index contributed by atoms with van der Waals surface area (Å²) in [5, 5.41) is 0. The van der Waals surface area contributed by atoms with Crippen molar-refractivity contribution in [3.05, 3.63) is 46.5 Å². The summed E-state index contributed by atoms with van der Waals surface area (Å²) in [5.74, 6) is 0.466. The average molecular weight is 423 g/mol. The van der Waals surface area contributed by atoms with Gasteiger partial charge in [0.05, 0.1) is 19.3 Å². The van der Waals surface area contributed by atoms with E-state index in [0.29, 0.717) is 37.7 Å². The quantitative estimate of drug-likeness (QED) is 0.752. The zero-order valence-corrected chi connectivity index (χ0v) is 16.7. The van der Waals surface area contributed by atoms with Crippen molar-refractivity contribution in [3.63, 3.8) is 0 Å². The summed E-state index contributed by atoms with van der Waals surface area (Å²) in [5.41, 5.74) is 0.355. The van der Waals surface area contributed by atoms with Crippen LogP contribution in [0, 0.1) is 0 Å². The van der Waals surface area contributed by atoms with Gasteiger partial charge in [0.15, 0.2) is 0 Å². The van der Waals surface area contributed by atoms with Crippen LogP contribution in [-0.2, 0) is 17.7 Å². The highest BCUT2D eigenvalue weighted by atomic mass is 19.4. The predicted molar refractivity (Wildman–Crippen MR) is 106 cm³/mol. The Bertz CT molecular complexity index is 934. The van der Waals surface area contributed by atoms with Gasteiger partial charge in [0.1, 0.15) is 11.9 Å². The second-order valence-electron chi connectivity index (χ2n) is 7.63. The molecular formula is C20H24F3N5O2. The molecule has 1 saturated heterocycles. The maximum Gasteiger partial charge on any atom is 0.408 e. The van der Waals surface area contributed by atoms with Crippen molar-refractivity contribution in [2.24, 2.45) is 0 Å². The lowest BCUT2D eigenvalue weighted by atomic mass is 10.1. The number of morpholine rings is 1. The first kappa shape index (κ1) is 20.6. The van der Waals surface area contributed by atoms with E-state index in [1.807, 2.05) is 11.8 Å². The lowest BCUT2D eigenvalue weighted by molar-refractivity contribution is -0.152. The number of hydrogen-bond donors (Lipinski definition) is 0. The summed E-state index contributed by atoms with van der Waals surface area (Å²) in [7, 11) is 0. The van der Waals surface area contributed by atoms with Gasteiger partial charge in [-0.1, -0.05) is 6.07 Å². The second-order valence-corrected chi connectivity index (χ2v) is 7.63. The number of aromatic nitrogens is 3. The van der Waals surface area contributed by atoms with Crippen LogP contribution < -0.4 is 15.4 Å². The van der Waals surface area contributed by atoms with Crippen molar-refractivity contribution in [3.8, 4) is 0 Å². The molecule has 2 atom stereocenters. The molecule has 2 aliphatic rings. The first-order chi connectivity index (χ1) is 14.3. The van der Waals surface area contributed by atoms with Gasteiger partial charge in [-0.3, -0.25) is 14.3 Å². The Hall–Kier alpha value is -2.62. The van der Waals surface area contributed by atoms with E-state index in [1.54, 1.807) is 24.4 Å². The van der Waals surface area contributed by atoms with Gasteiger partial charge in [0, 0.05) is 44.0 Å². The lowest BCUT2D eigenvalue weighted by Crippen LogP contribution is -2.53. The molecule has 0 radical (unpaired) electrons. The van der Waals surface area contributed by atoms with E-state index in [0.717, 1.165) is 0 Å². The number of nitrogens with zero attached hydrogens (tertiary/aromatic N) is 5. The van der Waals surface area contributed by atoms with Gasteiger partial charge in [0.2, 0.25) is 5.95 Å². The van der Waals surface area contributed by atoms with E-state index in [2.05, 4.69) is 9.97 Å². The van der Waals surface area contributed by atoms with Gasteiger partial charge in [-0.05, 0) is 25.5 Å². The molecule has 0 bridgehead atoms. The van der Waals surface area contributed by atoms with E-state index in [1.165, 1.54) is 15.5 Å². The van der Waals surface area contributed by atoms with Gasteiger partial charge < -0.3 is 14.5 Å². The van der Waals surface area contributed by atoms with Crippen LogP contribution in [0.15, 0.2) is 35.3 Å². The summed E-state index contributed by atoms with van der Waals surface area (Å²) < 4.78 is 48.3. The van der Waals surface area contributed by atoms with Crippen molar-refractivity contribution in [1.82, 2.24) is 14.5 Å². The molecule has 4 rings (SSSR count). The van der Waals surface area contributed by atoms with Crippen molar-refractivity contribution < 1.29 is 17.9 Å². The first-order valence-electron chi connectivity index (χ1n) is 10.0. The molecule has 2 aromatic rings. The topological polar surface area (TPSA) is 63.5 Å². The standard InChI is InChI=1S/C20H24F3N5O2/c1-14-13-30-11-10-26(14)17-12-18(29)28-9-6-16(20(21,22)23)27(19(28)25-17)8-5-15-4-2-3-7-24-15/h2-4,7,12,14,16H,5-6,8-11,13H2,1H3. The monoisotopic (exact) mass is 423 g/mol. The van der Waals surface area contributed by atoms with Crippen LogP contribution in [0.5, 0.6) is 0 Å². The van der Waals surface area contributed by atoms with Gasteiger partial charge in [0.25, 0.3) is 5.56 Å². The Morgan fingerprint density at radius 3 is 2.80 bits per heavy atom. The highest BCUT2D eigenvalue weighted by molar-refractivity contribution is 5.47. The minimum Gasteiger partial charge on any atom is -0.377 e.